The molecule has 1 aromatic heterocycles. The number of hydrogen-bond donors (Lipinski definition) is 0. The molecule has 1 aliphatic heterocycles. The number of halogens is 2. The molecule has 0 unspecified atom stereocenters. The highest BCUT2D eigenvalue weighted by Gasteiger charge is 2.35. The highest BCUT2D eigenvalue weighted by Crippen LogP contribution is 2.21. The molecule has 3 rings (SSSR count). The Bertz CT molecular complexity index is 736. The van der Waals surface area contributed by atoms with E-state index in [0.717, 1.165) is 29.7 Å². The number of carbonyl (C=O) groups is 1. The van der Waals surface area contributed by atoms with E-state index in [1.165, 1.54) is 12.1 Å². The van der Waals surface area contributed by atoms with Crippen LogP contribution in [0.15, 0.2) is 41.1 Å². The topological polar surface area (TPSA) is 41.4 Å². The number of nitrogens with zero attached hydrogens (tertiary/aromatic N) is 4. The van der Waals surface area contributed by atoms with Crippen molar-refractivity contribution in [2.75, 3.05) is 26.2 Å². The summed E-state index contributed by atoms with van der Waals surface area (Å²) in [5.41, 5.74) is 0.369. The molecule has 0 spiro atoms. The first-order valence-corrected chi connectivity index (χ1v) is 9.12. The molecule has 1 saturated heterocycles. The quantitative estimate of drug-likeness (QED) is 0.780. The fourth-order valence-corrected chi connectivity index (χ4v) is 3.33. The molecule has 0 radical (unpaired) electrons. The molecule has 0 saturated carbocycles. The van der Waals surface area contributed by atoms with Crippen LogP contribution >= 0.6 is 15.9 Å². The van der Waals surface area contributed by atoms with Gasteiger partial charge in [0.2, 0.25) is 5.91 Å². The molecule has 0 N–H and O–H groups in total. The van der Waals surface area contributed by atoms with E-state index in [-0.39, 0.29) is 11.7 Å². The van der Waals surface area contributed by atoms with Crippen LogP contribution in [0.1, 0.15) is 19.4 Å². The molecule has 1 aliphatic rings. The van der Waals surface area contributed by atoms with Crippen LogP contribution in [0.5, 0.6) is 0 Å². The summed E-state index contributed by atoms with van der Waals surface area (Å²) in [5.74, 6) is -0.142. The summed E-state index contributed by atoms with van der Waals surface area (Å²) in [6.07, 6.45) is 3.51. The van der Waals surface area contributed by atoms with Crippen LogP contribution in [0.3, 0.4) is 0 Å². The molecule has 134 valence electrons. The number of rotatable bonds is 4. The van der Waals surface area contributed by atoms with Crippen molar-refractivity contribution in [3.05, 3.63) is 52.5 Å². The Kier molecular flexibility index (Phi) is 5.24. The minimum absolute atomic E-state index is 0.0736. The summed E-state index contributed by atoms with van der Waals surface area (Å²) in [6.45, 7) is 7.54. The van der Waals surface area contributed by atoms with E-state index in [1.54, 1.807) is 10.9 Å². The fourth-order valence-electron chi connectivity index (χ4n) is 3.05. The maximum Gasteiger partial charge on any atom is 0.250 e. The van der Waals surface area contributed by atoms with E-state index in [4.69, 9.17) is 0 Å². The fraction of sp³-hybridized carbons (Fsp3) is 0.444. The van der Waals surface area contributed by atoms with E-state index >= 15 is 0 Å². The summed E-state index contributed by atoms with van der Waals surface area (Å²) in [4.78, 5) is 17.1. The minimum Gasteiger partial charge on any atom is -0.338 e. The van der Waals surface area contributed by atoms with Crippen LogP contribution in [-0.4, -0.2) is 51.7 Å². The van der Waals surface area contributed by atoms with Crippen molar-refractivity contribution in [3.63, 3.8) is 0 Å². The lowest BCUT2D eigenvalue weighted by molar-refractivity contribution is -0.141. The molecule has 1 amide bonds. The molecule has 0 atom stereocenters. The van der Waals surface area contributed by atoms with Gasteiger partial charge in [-0.15, -0.1) is 0 Å². The second kappa shape index (κ2) is 7.25. The maximum atomic E-state index is 13.0. The number of carbonyl (C=O) groups excluding carboxylic acids is 1. The molecule has 0 aliphatic carbocycles. The number of hydrogen-bond acceptors (Lipinski definition) is 3. The molecular weight excluding hydrogens is 387 g/mol. The lowest BCUT2D eigenvalue weighted by Crippen LogP contribution is -2.54. The molecule has 0 bridgehead atoms. The average Bonchev–Trinajstić information content (AvgIpc) is 3.04. The first-order valence-electron chi connectivity index (χ1n) is 8.33. The third kappa shape index (κ3) is 4.10. The molecule has 7 heteroatoms. The van der Waals surface area contributed by atoms with Crippen LogP contribution in [0.2, 0.25) is 0 Å². The first kappa shape index (κ1) is 18.1. The molecule has 2 aromatic rings. The summed E-state index contributed by atoms with van der Waals surface area (Å²) < 4.78 is 15.5. The summed E-state index contributed by atoms with van der Waals surface area (Å²) in [6, 6.07) is 6.59. The largest absolute Gasteiger partial charge is 0.338 e. The van der Waals surface area contributed by atoms with E-state index in [2.05, 4.69) is 25.9 Å². The Labute approximate surface area is 155 Å². The predicted molar refractivity (Wildman–Crippen MR) is 97.5 cm³/mol. The lowest BCUT2D eigenvalue weighted by atomic mass is 10.0. The van der Waals surface area contributed by atoms with Crippen LogP contribution in [-0.2, 0) is 16.9 Å². The number of piperazine rings is 1. The van der Waals surface area contributed by atoms with E-state index in [0.29, 0.717) is 13.1 Å². The average molecular weight is 409 g/mol. The van der Waals surface area contributed by atoms with Gasteiger partial charge >= 0.3 is 0 Å². The molecule has 1 aromatic carbocycles. The van der Waals surface area contributed by atoms with Gasteiger partial charge in [-0.25, -0.2) is 4.39 Å². The molecule has 25 heavy (non-hydrogen) atoms. The zero-order chi connectivity index (χ0) is 18.0. The van der Waals surface area contributed by atoms with Gasteiger partial charge in [0, 0.05) is 38.9 Å². The van der Waals surface area contributed by atoms with E-state index in [9.17, 15) is 9.18 Å². The molecule has 2 heterocycles. The first-order chi connectivity index (χ1) is 11.9. The smallest absolute Gasteiger partial charge is 0.250 e. The van der Waals surface area contributed by atoms with Gasteiger partial charge in [0.15, 0.2) is 0 Å². The summed E-state index contributed by atoms with van der Waals surface area (Å²) >= 11 is 3.38. The van der Waals surface area contributed by atoms with Gasteiger partial charge in [-0.05, 0) is 47.5 Å². The Balaban J connectivity index is 1.58. The number of aromatic nitrogens is 2. The van der Waals surface area contributed by atoms with Crippen LogP contribution in [0.4, 0.5) is 4.39 Å². The predicted octanol–water partition coefficient (Wildman–Crippen LogP) is 2.86. The Morgan fingerprint density at radius 2 is 1.84 bits per heavy atom. The van der Waals surface area contributed by atoms with E-state index < -0.39 is 5.54 Å². The Morgan fingerprint density at radius 3 is 2.40 bits per heavy atom. The third-order valence-electron chi connectivity index (χ3n) is 4.63. The molecular formula is C18H22BrFN4O. The number of amides is 1. The van der Waals surface area contributed by atoms with Crippen molar-refractivity contribution in [2.24, 2.45) is 0 Å². The zero-order valence-electron chi connectivity index (χ0n) is 14.5. The van der Waals surface area contributed by atoms with Crippen molar-refractivity contribution in [2.45, 2.75) is 25.9 Å². The Morgan fingerprint density at radius 1 is 1.20 bits per heavy atom. The molecule has 5 nitrogen and oxygen atoms in total. The summed E-state index contributed by atoms with van der Waals surface area (Å²) in [7, 11) is 0. The lowest BCUT2D eigenvalue weighted by Gasteiger charge is -2.38. The number of benzene rings is 1. The highest BCUT2D eigenvalue weighted by molar-refractivity contribution is 9.10. The van der Waals surface area contributed by atoms with Crippen molar-refractivity contribution in [1.29, 1.82) is 0 Å². The van der Waals surface area contributed by atoms with Crippen molar-refractivity contribution in [1.82, 2.24) is 19.6 Å². The van der Waals surface area contributed by atoms with Crippen molar-refractivity contribution in [3.8, 4) is 0 Å². The normalized spacial score (nSPS) is 16.2. The zero-order valence-corrected chi connectivity index (χ0v) is 16.0. The molecule has 1 fully saturated rings. The van der Waals surface area contributed by atoms with Gasteiger partial charge in [-0.3, -0.25) is 14.4 Å². The van der Waals surface area contributed by atoms with Gasteiger partial charge in [0.05, 0.1) is 10.7 Å². The van der Waals surface area contributed by atoms with Crippen molar-refractivity contribution < 1.29 is 9.18 Å². The van der Waals surface area contributed by atoms with Gasteiger partial charge < -0.3 is 4.90 Å². The van der Waals surface area contributed by atoms with Gasteiger partial charge in [0.1, 0.15) is 11.4 Å². The van der Waals surface area contributed by atoms with E-state index in [1.807, 2.05) is 37.1 Å². The van der Waals surface area contributed by atoms with Gasteiger partial charge in [-0.1, -0.05) is 12.1 Å². The Hall–Kier alpha value is -1.73. The SMILES string of the molecule is CC(C)(C(=O)N1CCN(Cc2ccc(F)cc2)CC1)n1cc(Br)cn1. The van der Waals surface area contributed by atoms with Crippen LogP contribution in [0, 0.1) is 5.82 Å². The van der Waals surface area contributed by atoms with Crippen LogP contribution < -0.4 is 0 Å². The van der Waals surface area contributed by atoms with Gasteiger partial charge in [0.25, 0.3) is 0 Å². The van der Waals surface area contributed by atoms with Crippen molar-refractivity contribution >= 4 is 21.8 Å². The van der Waals surface area contributed by atoms with Gasteiger partial charge in [-0.2, -0.15) is 5.10 Å². The standard InChI is InChI=1S/C18H22BrFN4O/c1-18(2,24-13-15(19)11-21-24)17(25)23-9-7-22(8-10-23)12-14-3-5-16(20)6-4-14/h3-6,11,13H,7-10,12H2,1-2H3. The van der Waals surface area contributed by atoms with Crippen LogP contribution in [0.25, 0.3) is 0 Å². The minimum atomic E-state index is -0.717. The maximum absolute atomic E-state index is 13.0. The second-order valence-electron chi connectivity index (χ2n) is 6.86. The monoisotopic (exact) mass is 408 g/mol. The third-order valence-corrected chi connectivity index (χ3v) is 5.04. The summed E-state index contributed by atoms with van der Waals surface area (Å²) in [5, 5.41) is 4.26. The highest BCUT2D eigenvalue weighted by atomic mass is 79.9. The second-order valence-corrected chi connectivity index (χ2v) is 7.77.